The number of anilines is 2. The van der Waals surface area contributed by atoms with Crippen molar-refractivity contribution in [2.45, 2.75) is 27.0 Å². The molecule has 0 atom stereocenters. The van der Waals surface area contributed by atoms with E-state index in [1.807, 2.05) is 80.6 Å². The molecule has 0 aliphatic rings. The Balaban J connectivity index is 1.63. The molecule has 2 N–H and O–H groups in total. The maximum atomic E-state index is 11.8. The molecule has 0 heterocycles. The maximum absolute atomic E-state index is 11.8. The van der Waals surface area contributed by atoms with Gasteiger partial charge in [0.2, 0.25) is 5.91 Å². The molecule has 156 valence electrons. The second kappa shape index (κ2) is 10.4. The van der Waals surface area contributed by atoms with Crippen LogP contribution in [-0.2, 0) is 17.9 Å². The van der Waals surface area contributed by atoms with Crippen LogP contribution >= 0.6 is 23.2 Å². The zero-order valence-electron chi connectivity index (χ0n) is 16.9. The van der Waals surface area contributed by atoms with Gasteiger partial charge >= 0.3 is 0 Å². The third kappa shape index (κ3) is 6.41. The van der Waals surface area contributed by atoms with Crippen molar-refractivity contribution in [1.29, 1.82) is 0 Å². The molecule has 0 bridgehead atoms. The van der Waals surface area contributed by atoms with E-state index in [1.165, 1.54) is 0 Å². The lowest BCUT2D eigenvalue weighted by atomic mass is 10.1. The van der Waals surface area contributed by atoms with E-state index in [0.717, 1.165) is 28.3 Å². The van der Waals surface area contributed by atoms with Gasteiger partial charge in [0.25, 0.3) is 0 Å². The van der Waals surface area contributed by atoms with Crippen molar-refractivity contribution in [3.05, 3.63) is 87.9 Å². The number of nitrogens with one attached hydrogen (secondary N) is 2. The summed E-state index contributed by atoms with van der Waals surface area (Å²) < 4.78 is 6.00. The standard InChI is InChI=1S/C24H24Cl2N2O2/c1-16(2)24(29)28-22-9-7-21(8-10-22)27-14-18-13-20(26)6-11-23(18)30-15-17-4-3-5-19(25)12-17/h3-13,16,27H,14-15H2,1-2H3,(H,28,29). The maximum Gasteiger partial charge on any atom is 0.226 e. The van der Waals surface area contributed by atoms with E-state index in [0.29, 0.717) is 23.2 Å². The fourth-order valence-electron chi connectivity index (χ4n) is 2.77. The number of benzene rings is 3. The molecular weight excluding hydrogens is 419 g/mol. The van der Waals surface area contributed by atoms with E-state index in [2.05, 4.69) is 10.6 Å². The zero-order chi connectivity index (χ0) is 21.5. The molecule has 3 aromatic rings. The first-order valence-corrected chi connectivity index (χ1v) is 10.5. The third-order valence-corrected chi connectivity index (χ3v) is 4.94. The fourth-order valence-corrected chi connectivity index (χ4v) is 3.18. The van der Waals surface area contributed by atoms with Crippen LogP contribution in [0.2, 0.25) is 10.0 Å². The summed E-state index contributed by atoms with van der Waals surface area (Å²) in [6.45, 7) is 4.69. The molecule has 4 nitrogen and oxygen atoms in total. The minimum absolute atomic E-state index is 0.00358. The van der Waals surface area contributed by atoms with Gasteiger partial charge in [-0.15, -0.1) is 0 Å². The Hall–Kier alpha value is -2.69. The highest BCUT2D eigenvalue weighted by Crippen LogP contribution is 2.26. The minimum atomic E-state index is -0.0593. The summed E-state index contributed by atoms with van der Waals surface area (Å²) in [5, 5.41) is 7.58. The third-order valence-electron chi connectivity index (χ3n) is 4.47. The lowest BCUT2D eigenvalue weighted by Crippen LogP contribution is -2.17. The molecule has 6 heteroatoms. The summed E-state index contributed by atoms with van der Waals surface area (Å²) in [6.07, 6.45) is 0. The van der Waals surface area contributed by atoms with Crippen LogP contribution in [0, 0.1) is 5.92 Å². The second-order valence-corrected chi connectivity index (χ2v) is 8.12. The predicted molar refractivity (Wildman–Crippen MR) is 124 cm³/mol. The molecule has 3 aromatic carbocycles. The Bertz CT molecular complexity index is 1000. The topological polar surface area (TPSA) is 50.4 Å². The quantitative estimate of drug-likeness (QED) is 0.404. The lowest BCUT2D eigenvalue weighted by Gasteiger charge is -2.14. The molecule has 0 saturated carbocycles. The van der Waals surface area contributed by atoms with Gasteiger partial charge in [0, 0.05) is 39.4 Å². The molecule has 30 heavy (non-hydrogen) atoms. The Labute approximate surface area is 187 Å². The second-order valence-electron chi connectivity index (χ2n) is 7.25. The predicted octanol–water partition coefficient (Wildman–Crippen LogP) is 6.78. The first-order valence-electron chi connectivity index (χ1n) is 9.71. The van der Waals surface area contributed by atoms with Gasteiger partial charge in [0.1, 0.15) is 12.4 Å². The number of rotatable bonds is 8. The van der Waals surface area contributed by atoms with Crippen LogP contribution in [0.3, 0.4) is 0 Å². The molecule has 3 rings (SSSR count). The van der Waals surface area contributed by atoms with Crippen molar-refractivity contribution in [2.24, 2.45) is 5.92 Å². The Morgan fingerprint density at radius 2 is 1.63 bits per heavy atom. The normalized spacial score (nSPS) is 10.7. The van der Waals surface area contributed by atoms with Crippen LogP contribution < -0.4 is 15.4 Å². The summed E-state index contributed by atoms with van der Waals surface area (Å²) in [5.74, 6) is 0.694. The van der Waals surface area contributed by atoms with Crippen LogP contribution in [0.4, 0.5) is 11.4 Å². The van der Waals surface area contributed by atoms with Crippen LogP contribution in [0.25, 0.3) is 0 Å². The smallest absolute Gasteiger partial charge is 0.226 e. The molecular formula is C24H24Cl2N2O2. The van der Waals surface area contributed by atoms with Crippen molar-refractivity contribution in [3.8, 4) is 5.75 Å². The van der Waals surface area contributed by atoms with Crippen molar-refractivity contribution in [1.82, 2.24) is 0 Å². The highest BCUT2D eigenvalue weighted by atomic mass is 35.5. The van der Waals surface area contributed by atoms with Crippen LogP contribution in [-0.4, -0.2) is 5.91 Å². The molecule has 0 spiro atoms. The molecule has 0 radical (unpaired) electrons. The summed E-state index contributed by atoms with van der Waals surface area (Å²) in [7, 11) is 0. The molecule has 0 aliphatic heterocycles. The Kier molecular flexibility index (Phi) is 7.61. The monoisotopic (exact) mass is 442 g/mol. The van der Waals surface area contributed by atoms with Gasteiger partial charge in [0.15, 0.2) is 0 Å². The Morgan fingerprint density at radius 1 is 0.933 bits per heavy atom. The molecule has 0 saturated heterocycles. The van der Waals surface area contributed by atoms with Gasteiger partial charge in [0.05, 0.1) is 0 Å². The largest absolute Gasteiger partial charge is 0.489 e. The minimum Gasteiger partial charge on any atom is -0.489 e. The molecule has 1 amide bonds. The Morgan fingerprint density at radius 3 is 2.33 bits per heavy atom. The molecule has 0 aromatic heterocycles. The zero-order valence-corrected chi connectivity index (χ0v) is 18.4. The van der Waals surface area contributed by atoms with Gasteiger partial charge < -0.3 is 15.4 Å². The number of carbonyl (C=O) groups excluding carboxylic acids is 1. The first-order chi connectivity index (χ1) is 14.4. The van der Waals surface area contributed by atoms with Gasteiger partial charge in [-0.1, -0.05) is 49.2 Å². The molecule has 0 unspecified atom stereocenters. The van der Waals surface area contributed by atoms with Crippen molar-refractivity contribution < 1.29 is 9.53 Å². The fraction of sp³-hybridized carbons (Fsp3) is 0.208. The van der Waals surface area contributed by atoms with Gasteiger partial charge in [-0.2, -0.15) is 0 Å². The van der Waals surface area contributed by atoms with E-state index in [1.54, 1.807) is 0 Å². The van der Waals surface area contributed by atoms with Crippen molar-refractivity contribution in [2.75, 3.05) is 10.6 Å². The number of ether oxygens (including phenoxy) is 1. The van der Waals surface area contributed by atoms with E-state index in [9.17, 15) is 4.79 Å². The molecule has 0 fully saturated rings. The summed E-state index contributed by atoms with van der Waals surface area (Å²) in [4.78, 5) is 11.8. The highest BCUT2D eigenvalue weighted by Gasteiger charge is 2.08. The van der Waals surface area contributed by atoms with Gasteiger partial charge in [-0.05, 0) is 60.2 Å². The van der Waals surface area contributed by atoms with E-state index < -0.39 is 0 Å². The van der Waals surface area contributed by atoms with Crippen LogP contribution in [0.15, 0.2) is 66.7 Å². The molecule has 0 aliphatic carbocycles. The average Bonchev–Trinajstić information content (AvgIpc) is 2.72. The summed E-state index contributed by atoms with van der Waals surface area (Å²) in [6, 6.07) is 20.8. The van der Waals surface area contributed by atoms with Crippen molar-refractivity contribution >= 4 is 40.5 Å². The summed E-state index contributed by atoms with van der Waals surface area (Å²) >= 11 is 12.2. The number of carbonyl (C=O) groups is 1. The van der Waals surface area contributed by atoms with E-state index in [-0.39, 0.29) is 11.8 Å². The van der Waals surface area contributed by atoms with Crippen LogP contribution in [0.5, 0.6) is 5.75 Å². The average molecular weight is 443 g/mol. The highest BCUT2D eigenvalue weighted by molar-refractivity contribution is 6.30. The number of hydrogen-bond acceptors (Lipinski definition) is 3. The first kappa shape index (κ1) is 22.0. The van der Waals surface area contributed by atoms with E-state index in [4.69, 9.17) is 27.9 Å². The summed E-state index contributed by atoms with van der Waals surface area (Å²) in [5.41, 5.74) is 3.64. The lowest BCUT2D eigenvalue weighted by molar-refractivity contribution is -0.118. The number of hydrogen-bond donors (Lipinski definition) is 2. The number of amides is 1. The van der Waals surface area contributed by atoms with Gasteiger partial charge in [-0.3, -0.25) is 4.79 Å². The SMILES string of the molecule is CC(C)C(=O)Nc1ccc(NCc2cc(Cl)ccc2OCc2cccc(Cl)c2)cc1. The van der Waals surface area contributed by atoms with E-state index >= 15 is 0 Å². The van der Waals surface area contributed by atoms with Crippen molar-refractivity contribution in [3.63, 3.8) is 0 Å². The van der Waals surface area contributed by atoms with Gasteiger partial charge in [-0.25, -0.2) is 0 Å². The number of halogens is 2. The van der Waals surface area contributed by atoms with Crippen LogP contribution in [0.1, 0.15) is 25.0 Å².